The first-order valence-corrected chi connectivity index (χ1v) is 7.12. The third kappa shape index (κ3) is 3.26. The first-order valence-electron chi connectivity index (χ1n) is 7.12. The Labute approximate surface area is 132 Å². The van der Waals surface area contributed by atoms with Crippen molar-refractivity contribution in [3.63, 3.8) is 0 Å². The number of aromatic nitrogens is 2. The van der Waals surface area contributed by atoms with Crippen molar-refractivity contribution in [3.8, 4) is 0 Å². The summed E-state index contributed by atoms with van der Waals surface area (Å²) in [5.74, 6) is -0.353. The summed E-state index contributed by atoms with van der Waals surface area (Å²) in [7, 11) is 0. The molecule has 2 aromatic heterocycles. The molecule has 5 nitrogen and oxygen atoms in total. The third-order valence-corrected chi connectivity index (χ3v) is 3.23. The Hall–Kier alpha value is -3.02. The van der Waals surface area contributed by atoms with Gasteiger partial charge in [0.1, 0.15) is 11.6 Å². The summed E-state index contributed by atoms with van der Waals surface area (Å²) in [4.78, 5) is 20.4. The molecule has 0 aliphatic rings. The van der Waals surface area contributed by atoms with Gasteiger partial charge in [-0.25, -0.2) is 14.2 Å². The molecular formula is C17H14FN3O2. The van der Waals surface area contributed by atoms with Gasteiger partial charge in [0.15, 0.2) is 5.69 Å². The van der Waals surface area contributed by atoms with Crippen LogP contribution in [0, 0.1) is 5.82 Å². The molecule has 3 rings (SSSR count). The van der Waals surface area contributed by atoms with Gasteiger partial charge in [-0.1, -0.05) is 0 Å². The summed E-state index contributed by atoms with van der Waals surface area (Å²) in [6.45, 7) is 2.01. The molecule has 0 atom stereocenters. The summed E-state index contributed by atoms with van der Waals surface area (Å²) in [5, 5.41) is 4.65. The van der Waals surface area contributed by atoms with Crippen molar-refractivity contribution < 1.29 is 13.9 Å². The maximum absolute atomic E-state index is 13.0. The van der Waals surface area contributed by atoms with Crippen LogP contribution in [-0.2, 0) is 4.74 Å². The molecule has 0 fully saturated rings. The zero-order valence-corrected chi connectivity index (χ0v) is 12.4. The molecule has 1 N–H and O–H groups in total. The van der Waals surface area contributed by atoms with Gasteiger partial charge < -0.3 is 10.1 Å². The van der Waals surface area contributed by atoms with Crippen LogP contribution in [0.4, 0.5) is 15.9 Å². The second-order valence-electron chi connectivity index (χ2n) is 4.81. The molecule has 0 spiro atoms. The van der Waals surface area contributed by atoms with Crippen LogP contribution >= 0.6 is 0 Å². The maximum Gasteiger partial charge on any atom is 0.357 e. The van der Waals surface area contributed by atoms with Crippen LogP contribution in [0.15, 0.2) is 48.8 Å². The van der Waals surface area contributed by atoms with E-state index in [0.29, 0.717) is 11.5 Å². The van der Waals surface area contributed by atoms with Crippen molar-refractivity contribution in [3.05, 3.63) is 60.3 Å². The minimum Gasteiger partial charge on any atom is -0.461 e. The predicted molar refractivity (Wildman–Crippen MR) is 85.2 cm³/mol. The number of carbonyl (C=O) groups excluding carboxylic acids is 1. The van der Waals surface area contributed by atoms with Gasteiger partial charge in [0, 0.05) is 23.5 Å². The van der Waals surface area contributed by atoms with E-state index in [-0.39, 0.29) is 18.1 Å². The smallest absolute Gasteiger partial charge is 0.357 e. The van der Waals surface area contributed by atoms with E-state index in [0.717, 1.165) is 10.8 Å². The van der Waals surface area contributed by atoms with Crippen molar-refractivity contribution in [2.45, 2.75) is 6.92 Å². The molecule has 0 bridgehead atoms. The zero-order valence-electron chi connectivity index (χ0n) is 12.4. The number of halogens is 1. The molecular weight excluding hydrogens is 297 g/mol. The van der Waals surface area contributed by atoms with E-state index in [1.54, 1.807) is 43.6 Å². The summed E-state index contributed by atoms with van der Waals surface area (Å²) < 4.78 is 18.0. The fraction of sp³-hybridized carbons (Fsp3) is 0.118. The SMILES string of the molecule is CCOC(=O)c1cc2ccncc2c(Nc2ccc(F)cc2)n1. The quantitative estimate of drug-likeness (QED) is 0.744. The Morgan fingerprint density at radius 3 is 2.78 bits per heavy atom. The molecule has 3 aromatic rings. The van der Waals surface area contributed by atoms with Crippen molar-refractivity contribution in [1.29, 1.82) is 0 Å². The zero-order chi connectivity index (χ0) is 16.2. The molecule has 0 aliphatic heterocycles. The molecule has 0 amide bonds. The molecule has 0 unspecified atom stereocenters. The van der Waals surface area contributed by atoms with E-state index >= 15 is 0 Å². The lowest BCUT2D eigenvalue weighted by molar-refractivity contribution is 0.0520. The fourth-order valence-electron chi connectivity index (χ4n) is 2.16. The molecule has 6 heteroatoms. The number of carbonyl (C=O) groups is 1. The largest absolute Gasteiger partial charge is 0.461 e. The number of benzene rings is 1. The van der Waals surface area contributed by atoms with Crippen molar-refractivity contribution in [2.24, 2.45) is 0 Å². The summed E-state index contributed by atoms with van der Waals surface area (Å²) in [6.07, 6.45) is 3.29. The van der Waals surface area contributed by atoms with E-state index in [1.807, 2.05) is 0 Å². The van der Waals surface area contributed by atoms with Gasteiger partial charge >= 0.3 is 5.97 Å². The van der Waals surface area contributed by atoms with Crippen molar-refractivity contribution in [2.75, 3.05) is 11.9 Å². The Kier molecular flexibility index (Phi) is 4.14. The number of fused-ring (bicyclic) bond motifs is 1. The number of nitrogens with one attached hydrogen (secondary N) is 1. The molecule has 116 valence electrons. The first-order chi connectivity index (χ1) is 11.2. The number of esters is 1. The van der Waals surface area contributed by atoms with Crippen molar-refractivity contribution >= 4 is 28.2 Å². The lowest BCUT2D eigenvalue weighted by Crippen LogP contribution is -2.09. The van der Waals surface area contributed by atoms with Crippen LogP contribution in [0.3, 0.4) is 0 Å². The van der Waals surface area contributed by atoms with E-state index in [9.17, 15) is 9.18 Å². The molecule has 0 saturated heterocycles. The number of nitrogens with zero attached hydrogens (tertiary/aromatic N) is 2. The van der Waals surface area contributed by atoms with Crippen LogP contribution in [0.2, 0.25) is 0 Å². The normalized spacial score (nSPS) is 10.5. The van der Waals surface area contributed by atoms with E-state index in [4.69, 9.17) is 4.74 Å². The third-order valence-electron chi connectivity index (χ3n) is 3.23. The molecule has 23 heavy (non-hydrogen) atoms. The van der Waals surface area contributed by atoms with Crippen LogP contribution in [0.1, 0.15) is 17.4 Å². The van der Waals surface area contributed by atoms with Crippen LogP contribution in [-0.4, -0.2) is 22.5 Å². The summed E-state index contributed by atoms with van der Waals surface area (Å²) in [5.41, 5.74) is 0.861. The van der Waals surface area contributed by atoms with Gasteiger partial charge in [0.2, 0.25) is 0 Å². The Bertz CT molecular complexity index is 850. The average molecular weight is 311 g/mol. The molecule has 1 aromatic carbocycles. The van der Waals surface area contributed by atoms with Gasteiger partial charge in [0.25, 0.3) is 0 Å². The number of ether oxygens (including phenoxy) is 1. The second kappa shape index (κ2) is 6.39. The monoisotopic (exact) mass is 311 g/mol. The molecule has 2 heterocycles. The van der Waals surface area contributed by atoms with Crippen LogP contribution < -0.4 is 5.32 Å². The van der Waals surface area contributed by atoms with E-state index < -0.39 is 5.97 Å². The van der Waals surface area contributed by atoms with Crippen molar-refractivity contribution in [1.82, 2.24) is 9.97 Å². The van der Waals surface area contributed by atoms with Gasteiger partial charge in [0.05, 0.1) is 6.61 Å². The van der Waals surface area contributed by atoms with E-state index in [2.05, 4.69) is 15.3 Å². The maximum atomic E-state index is 13.0. The number of hydrogen-bond donors (Lipinski definition) is 1. The number of pyridine rings is 2. The minimum atomic E-state index is -0.492. The molecule has 0 saturated carbocycles. The Morgan fingerprint density at radius 2 is 2.04 bits per heavy atom. The fourth-order valence-corrected chi connectivity index (χ4v) is 2.16. The average Bonchev–Trinajstić information content (AvgIpc) is 2.57. The summed E-state index contributed by atoms with van der Waals surface area (Å²) >= 11 is 0. The lowest BCUT2D eigenvalue weighted by Gasteiger charge is -2.11. The highest BCUT2D eigenvalue weighted by molar-refractivity contribution is 5.98. The molecule has 0 aliphatic carbocycles. The predicted octanol–water partition coefficient (Wildman–Crippen LogP) is 3.69. The first kappa shape index (κ1) is 14.9. The van der Waals surface area contributed by atoms with Gasteiger partial charge in [-0.15, -0.1) is 0 Å². The Balaban J connectivity index is 2.06. The van der Waals surface area contributed by atoms with Crippen LogP contribution in [0.25, 0.3) is 10.8 Å². The highest BCUT2D eigenvalue weighted by atomic mass is 19.1. The highest BCUT2D eigenvalue weighted by Crippen LogP contribution is 2.25. The topological polar surface area (TPSA) is 64.1 Å². The van der Waals surface area contributed by atoms with Gasteiger partial charge in [-0.2, -0.15) is 0 Å². The minimum absolute atomic E-state index is 0.204. The second-order valence-corrected chi connectivity index (χ2v) is 4.81. The number of rotatable bonds is 4. The number of anilines is 2. The van der Waals surface area contributed by atoms with E-state index in [1.165, 1.54) is 12.1 Å². The van der Waals surface area contributed by atoms with Crippen LogP contribution in [0.5, 0.6) is 0 Å². The summed E-state index contributed by atoms with van der Waals surface area (Å²) in [6, 6.07) is 9.32. The highest BCUT2D eigenvalue weighted by Gasteiger charge is 2.13. The van der Waals surface area contributed by atoms with Gasteiger partial charge in [-0.3, -0.25) is 4.98 Å². The lowest BCUT2D eigenvalue weighted by atomic mass is 10.1. The Morgan fingerprint density at radius 1 is 1.26 bits per heavy atom. The standard InChI is InChI=1S/C17H14FN3O2/c1-2-23-17(22)15-9-11-7-8-19-10-14(11)16(21-15)20-13-5-3-12(18)4-6-13/h3-10H,2H2,1H3,(H,20,21). The number of hydrogen-bond acceptors (Lipinski definition) is 5. The van der Waals surface area contributed by atoms with Gasteiger partial charge in [-0.05, 0) is 48.7 Å². The molecule has 0 radical (unpaired) electrons.